The van der Waals surface area contributed by atoms with Crippen LogP contribution in [0.15, 0.2) is 18.2 Å². The molecule has 4 heteroatoms. The number of halogens is 1. The van der Waals surface area contributed by atoms with E-state index in [1.165, 1.54) is 23.1 Å². The van der Waals surface area contributed by atoms with Crippen LogP contribution in [0.5, 0.6) is 0 Å². The summed E-state index contributed by atoms with van der Waals surface area (Å²) in [6, 6.07) is 4.28. The van der Waals surface area contributed by atoms with Crippen molar-refractivity contribution in [1.82, 2.24) is 4.90 Å². The lowest BCUT2D eigenvalue weighted by Gasteiger charge is -2.19. The topological polar surface area (TPSA) is 40.5 Å². The third kappa shape index (κ3) is 2.79. The molecule has 0 aliphatic rings. The molecule has 0 radical (unpaired) electrons. The number of likely N-dealkylation sites (N-methyl/N-ethyl adjacent to an activating group) is 1. The van der Waals surface area contributed by atoms with Crippen molar-refractivity contribution >= 4 is 5.91 Å². The molecule has 0 saturated heterocycles. The molecular formula is C12H16FNO2. The number of benzene rings is 1. The number of carbonyl (C=O) groups excluding carboxylic acids is 1. The van der Waals surface area contributed by atoms with E-state index < -0.39 is 0 Å². The van der Waals surface area contributed by atoms with E-state index in [1.807, 2.05) is 6.92 Å². The highest BCUT2D eigenvalue weighted by molar-refractivity contribution is 5.94. The largest absolute Gasteiger partial charge is 0.395 e. The van der Waals surface area contributed by atoms with Gasteiger partial charge in [0.1, 0.15) is 5.82 Å². The first kappa shape index (κ1) is 12.6. The lowest BCUT2D eigenvalue weighted by Crippen LogP contribution is -2.33. The molecule has 3 nitrogen and oxygen atoms in total. The van der Waals surface area contributed by atoms with E-state index in [-0.39, 0.29) is 18.3 Å². The summed E-state index contributed by atoms with van der Waals surface area (Å²) in [5.74, 6) is -0.499. The van der Waals surface area contributed by atoms with Crippen molar-refractivity contribution in [1.29, 1.82) is 0 Å². The molecule has 0 heterocycles. The molecule has 1 N–H and O–H groups in total. The second-order valence-electron chi connectivity index (χ2n) is 3.57. The van der Waals surface area contributed by atoms with Gasteiger partial charge in [0.2, 0.25) is 0 Å². The first-order valence-corrected chi connectivity index (χ1v) is 5.26. The molecule has 1 amide bonds. The third-order valence-corrected chi connectivity index (χ3v) is 2.44. The Morgan fingerprint density at radius 1 is 1.50 bits per heavy atom. The van der Waals surface area contributed by atoms with E-state index in [9.17, 15) is 9.18 Å². The minimum absolute atomic E-state index is 0.0697. The highest BCUT2D eigenvalue weighted by Crippen LogP contribution is 2.11. The van der Waals surface area contributed by atoms with Crippen molar-refractivity contribution in [2.75, 3.05) is 19.7 Å². The van der Waals surface area contributed by atoms with Gasteiger partial charge in [-0.2, -0.15) is 0 Å². The summed E-state index contributed by atoms with van der Waals surface area (Å²) in [5.41, 5.74) is 0.903. The normalized spacial score (nSPS) is 10.2. The van der Waals surface area contributed by atoms with Crippen molar-refractivity contribution < 1.29 is 14.3 Å². The molecule has 1 aromatic carbocycles. The first-order chi connectivity index (χ1) is 7.60. The number of hydrogen-bond donors (Lipinski definition) is 1. The summed E-state index contributed by atoms with van der Waals surface area (Å²) in [6.07, 6.45) is 0. The van der Waals surface area contributed by atoms with Gasteiger partial charge in [-0.05, 0) is 37.6 Å². The molecule has 16 heavy (non-hydrogen) atoms. The summed E-state index contributed by atoms with van der Waals surface area (Å²) in [5, 5.41) is 8.81. The summed E-state index contributed by atoms with van der Waals surface area (Å²) >= 11 is 0. The maximum absolute atomic E-state index is 13.0. The minimum Gasteiger partial charge on any atom is -0.395 e. The lowest BCUT2D eigenvalue weighted by molar-refractivity contribution is 0.0732. The van der Waals surface area contributed by atoms with Crippen LogP contribution in [0.2, 0.25) is 0 Å². The number of amides is 1. The molecule has 0 saturated carbocycles. The summed E-state index contributed by atoms with van der Waals surface area (Å²) in [7, 11) is 0. The van der Waals surface area contributed by atoms with E-state index in [0.29, 0.717) is 24.2 Å². The second-order valence-corrected chi connectivity index (χ2v) is 3.57. The van der Waals surface area contributed by atoms with Gasteiger partial charge in [0.05, 0.1) is 6.61 Å². The number of aliphatic hydroxyl groups is 1. The molecule has 0 bridgehead atoms. The molecule has 0 aromatic heterocycles. The highest BCUT2D eigenvalue weighted by atomic mass is 19.1. The number of nitrogens with zero attached hydrogens (tertiary/aromatic N) is 1. The van der Waals surface area contributed by atoms with Crippen LogP contribution < -0.4 is 0 Å². The Hall–Kier alpha value is -1.42. The van der Waals surface area contributed by atoms with Crippen molar-refractivity contribution in [2.24, 2.45) is 0 Å². The van der Waals surface area contributed by atoms with E-state index in [0.717, 1.165) is 0 Å². The van der Waals surface area contributed by atoms with Crippen molar-refractivity contribution in [3.05, 3.63) is 35.1 Å². The average molecular weight is 225 g/mol. The fourth-order valence-corrected chi connectivity index (χ4v) is 1.48. The maximum atomic E-state index is 13.0. The molecule has 1 aromatic rings. The maximum Gasteiger partial charge on any atom is 0.253 e. The fourth-order valence-electron chi connectivity index (χ4n) is 1.48. The van der Waals surface area contributed by atoms with E-state index in [4.69, 9.17) is 5.11 Å². The molecule has 88 valence electrons. The Morgan fingerprint density at radius 3 is 2.69 bits per heavy atom. The SMILES string of the molecule is CCN(CCO)C(=O)c1ccc(F)c(C)c1. The molecule has 1 rings (SSSR count). The Bertz CT molecular complexity index is 379. The van der Waals surface area contributed by atoms with Gasteiger partial charge in [0.25, 0.3) is 5.91 Å². The zero-order valence-corrected chi connectivity index (χ0v) is 9.53. The first-order valence-electron chi connectivity index (χ1n) is 5.26. The Morgan fingerprint density at radius 2 is 2.19 bits per heavy atom. The van der Waals surface area contributed by atoms with Gasteiger partial charge in [-0.15, -0.1) is 0 Å². The van der Waals surface area contributed by atoms with E-state index in [1.54, 1.807) is 6.92 Å². The average Bonchev–Trinajstić information content (AvgIpc) is 2.28. The van der Waals surface area contributed by atoms with Crippen LogP contribution in [-0.2, 0) is 0 Å². The Labute approximate surface area is 94.5 Å². The van der Waals surface area contributed by atoms with Gasteiger partial charge in [-0.1, -0.05) is 0 Å². The van der Waals surface area contributed by atoms with E-state index in [2.05, 4.69) is 0 Å². The quantitative estimate of drug-likeness (QED) is 0.845. The lowest BCUT2D eigenvalue weighted by atomic mass is 10.1. The van der Waals surface area contributed by atoms with Gasteiger partial charge in [0.15, 0.2) is 0 Å². The van der Waals surface area contributed by atoms with Crippen LogP contribution in [-0.4, -0.2) is 35.6 Å². The van der Waals surface area contributed by atoms with Crippen molar-refractivity contribution in [2.45, 2.75) is 13.8 Å². The van der Waals surface area contributed by atoms with Gasteiger partial charge in [0, 0.05) is 18.7 Å². The molecule has 0 fully saturated rings. The van der Waals surface area contributed by atoms with Gasteiger partial charge in [-0.3, -0.25) is 4.79 Å². The van der Waals surface area contributed by atoms with Crippen LogP contribution in [0.1, 0.15) is 22.8 Å². The summed E-state index contributed by atoms with van der Waals surface area (Å²) in [6.45, 7) is 4.21. The number of aliphatic hydroxyl groups excluding tert-OH is 1. The number of hydrogen-bond acceptors (Lipinski definition) is 2. The fraction of sp³-hybridized carbons (Fsp3) is 0.417. The zero-order chi connectivity index (χ0) is 12.1. The van der Waals surface area contributed by atoms with Crippen LogP contribution in [0.3, 0.4) is 0 Å². The van der Waals surface area contributed by atoms with Crippen LogP contribution in [0, 0.1) is 12.7 Å². The molecular weight excluding hydrogens is 209 g/mol. The predicted molar refractivity (Wildman–Crippen MR) is 59.8 cm³/mol. The van der Waals surface area contributed by atoms with Gasteiger partial charge >= 0.3 is 0 Å². The second kappa shape index (κ2) is 5.61. The number of carbonyl (C=O) groups is 1. The van der Waals surface area contributed by atoms with Crippen LogP contribution in [0.4, 0.5) is 4.39 Å². The third-order valence-electron chi connectivity index (χ3n) is 2.44. The summed E-state index contributed by atoms with van der Waals surface area (Å²) in [4.78, 5) is 13.4. The van der Waals surface area contributed by atoms with Gasteiger partial charge < -0.3 is 10.0 Å². The van der Waals surface area contributed by atoms with Crippen LogP contribution in [0.25, 0.3) is 0 Å². The van der Waals surface area contributed by atoms with Crippen molar-refractivity contribution in [3.8, 4) is 0 Å². The summed E-state index contributed by atoms with van der Waals surface area (Å²) < 4.78 is 13.0. The number of aryl methyl sites for hydroxylation is 1. The Balaban J connectivity index is 2.90. The predicted octanol–water partition coefficient (Wildman–Crippen LogP) is 1.59. The molecule has 0 atom stereocenters. The number of rotatable bonds is 4. The van der Waals surface area contributed by atoms with Gasteiger partial charge in [-0.25, -0.2) is 4.39 Å². The standard InChI is InChI=1S/C12H16FNO2/c1-3-14(6-7-15)12(16)10-4-5-11(13)9(2)8-10/h4-5,8,15H,3,6-7H2,1-2H3. The van der Waals surface area contributed by atoms with Crippen LogP contribution >= 0.6 is 0 Å². The molecule has 0 aliphatic carbocycles. The van der Waals surface area contributed by atoms with Crippen molar-refractivity contribution in [3.63, 3.8) is 0 Å². The van der Waals surface area contributed by atoms with E-state index >= 15 is 0 Å². The minimum atomic E-state index is -0.318. The molecule has 0 spiro atoms. The zero-order valence-electron chi connectivity index (χ0n) is 9.53. The smallest absolute Gasteiger partial charge is 0.253 e. The monoisotopic (exact) mass is 225 g/mol. The molecule has 0 aliphatic heterocycles. The highest BCUT2D eigenvalue weighted by Gasteiger charge is 2.14. The molecule has 0 unspecified atom stereocenters. The Kier molecular flexibility index (Phi) is 4.43.